The molecule has 0 unspecified atom stereocenters. The molecule has 2 aromatic carbocycles. The number of hydrogen-bond acceptors (Lipinski definition) is 3. The molecule has 0 radical (unpaired) electrons. The smallest absolute Gasteiger partial charge is 0.267 e. The molecule has 0 aromatic heterocycles. The topological polar surface area (TPSA) is 41.5 Å². The second-order valence-corrected chi connectivity index (χ2v) is 6.23. The van der Waals surface area contributed by atoms with Crippen LogP contribution in [0.3, 0.4) is 0 Å². The Balaban J connectivity index is 2.14. The van der Waals surface area contributed by atoms with E-state index in [1.807, 2.05) is 6.26 Å². The molecule has 0 atom stereocenters. The largest absolute Gasteiger partial charge is 0.271 e. The van der Waals surface area contributed by atoms with Crippen LogP contribution >= 0.6 is 27.7 Å². The predicted octanol–water partition coefficient (Wildman–Crippen LogP) is 4.09. The monoisotopic (exact) mass is 380 g/mol. The van der Waals surface area contributed by atoms with E-state index in [2.05, 4.69) is 26.5 Å². The Kier molecular flexibility index (Phi) is 6.15. The van der Waals surface area contributed by atoms with Gasteiger partial charge in [0.15, 0.2) is 0 Å². The molecule has 114 valence electrons. The maximum Gasteiger partial charge on any atom is 0.271 e. The highest BCUT2D eigenvalue weighted by atomic mass is 79.9. The summed E-state index contributed by atoms with van der Waals surface area (Å²) in [4.78, 5) is 12.0. The molecule has 0 aliphatic heterocycles. The number of nitrogens with zero attached hydrogens (tertiary/aromatic N) is 1. The highest BCUT2D eigenvalue weighted by molar-refractivity contribution is 9.10. The zero-order chi connectivity index (χ0) is 15.9. The van der Waals surface area contributed by atoms with Crippen LogP contribution in [-0.4, -0.2) is 23.6 Å². The van der Waals surface area contributed by atoms with E-state index >= 15 is 0 Å². The fraction of sp³-hybridized carbons (Fsp3) is 0.125. The number of halogens is 2. The predicted molar refractivity (Wildman–Crippen MR) is 92.9 cm³/mol. The van der Waals surface area contributed by atoms with E-state index in [0.29, 0.717) is 17.0 Å². The van der Waals surface area contributed by atoms with Gasteiger partial charge in [0.1, 0.15) is 5.82 Å². The van der Waals surface area contributed by atoms with Gasteiger partial charge in [0.2, 0.25) is 0 Å². The van der Waals surface area contributed by atoms with Crippen LogP contribution in [0.25, 0.3) is 0 Å². The van der Waals surface area contributed by atoms with E-state index in [9.17, 15) is 9.18 Å². The van der Waals surface area contributed by atoms with Gasteiger partial charge >= 0.3 is 0 Å². The fourth-order valence-corrected chi connectivity index (χ4v) is 2.51. The SMILES string of the molecule is CSCC(=NNC(=O)c1ccc(Br)cc1)c1ccc(F)cc1. The maximum atomic E-state index is 13.0. The second-order valence-electron chi connectivity index (χ2n) is 4.45. The first-order valence-electron chi connectivity index (χ1n) is 6.47. The van der Waals surface area contributed by atoms with Gasteiger partial charge in [-0.1, -0.05) is 28.1 Å². The highest BCUT2D eigenvalue weighted by Crippen LogP contribution is 2.11. The Bertz CT molecular complexity index is 672. The van der Waals surface area contributed by atoms with Crippen molar-refractivity contribution in [2.75, 3.05) is 12.0 Å². The van der Waals surface area contributed by atoms with Gasteiger partial charge < -0.3 is 0 Å². The van der Waals surface area contributed by atoms with Gasteiger partial charge in [0.25, 0.3) is 5.91 Å². The minimum absolute atomic E-state index is 0.284. The van der Waals surface area contributed by atoms with Gasteiger partial charge in [-0.3, -0.25) is 4.79 Å². The fourth-order valence-electron chi connectivity index (χ4n) is 1.74. The van der Waals surface area contributed by atoms with Crippen LogP contribution in [0.2, 0.25) is 0 Å². The molecule has 0 saturated carbocycles. The highest BCUT2D eigenvalue weighted by Gasteiger charge is 2.07. The third-order valence-corrected chi connectivity index (χ3v) is 3.95. The van der Waals surface area contributed by atoms with Crippen molar-refractivity contribution in [3.8, 4) is 0 Å². The average molecular weight is 381 g/mol. The Labute approximate surface area is 141 Å². The molecule has 0 aliphatic rings. The molecule has 2 rings (SSSR count). The number of rotatable bonds is 5. The van der Waals surface area contributed by atoms with E-state index in [1.54, 1.807) is 48.2 Å². The Hall–Kier alpha value is -1.66. The molecule has 22 heavy (non-hydrogen) atoms. The minimum Gasteiger partial charge on any atom is -0.267 e. The number of hydrazone groups is 1. The molecule has 0 saturated heterocycles. The lowest BCUT2D eigenvalue weighted by molar-refractivity contribution is 0.0955. The van der Waals surface area contributed by atoms with Gasteiger partial charge in [-0.2, -0.15) is 16.9 Å². The number of carbonyl (C=O) groups is 1. The zero-order valence-electron chi connectivity index (χ0n) is 11.8. The lowest BCUT2D eigenvalue weighted by Crippen LogP contribution is -2.21. The van der Waals surface area contributed by atoms with Crippen molar-refractivity contribution < 1.29 is 9.18 Å². The second kappa shape index (κ2) is 8.10. The molecule has 0 heterocycles. The van der Waals surface area contributed by atoms with Crippen LogP contribution in [0.4, 0.5) is 4.39 Å². The van der Waals surface area contributed by atoms with Crippen molar-refractivity contribution in [1.29, 1.82) is 0 Å². The number of carbonyl (C=O) groups excluding carboxylic acids is 1. The van der Waals surface area contributed by atoms with Crippen LogP contribution in [0.5, 0.6) is 0 Å². The summed E-state index contributed by atoms with van der Waals surface area (Å²) in [7, 11) is 0. The van der Waals surface area contributed by atoms with Crippen molar-refractivity contribution in [2.45, 2.75) is 0 Å². The van der Waals surface area contributed by atoms with E-state index in [0.717, 1.165) is 10.0 Å². The molecule has 0 fully saturated rings. The summed E-state index contributed by atoms with van der Waals surface area (Å²) < 4.78 is 13.9. The number of amides is 1. The van der Waals surface area contributed by atoms with Gasteiger partial charge in [-0.05, 0) is 48.2 Å². The Morgan fingerprint density at radius 3 is 2.32 bits per heavy atom. The average Bonchev–Trinajstić information content (AvgIpc) is 2.53. The van der Waals surface area contributed by atoms with Crippen LogP contribution in [-0.2, 0) is 0 Å². The summed E-state index contributed by atoms with van der Waals surface area (Å²) in [5, 5.41) is 4.17. The van der Waals surface area contributed by atoms with Gasteiger partial charge in [0.05, 0.1) is 5.71 Å². The summed E-state index contributed by atoms with van der Waals surface area (Å²) in [5.41, 5.74) is 4.54. The molecule has 1 amide bonds. The molecule has 2 aromatic rings. The number of nitrogens with one attached hydrogen (secondary N) is 1. The van der Waals surface area contributed by atoms with Crippen molar-refractivity contribution in [3.05, 3.63) is 69.9 Å². The normalized spacial score (nSPS) is 11.3. The lowest BCUT2D eigenvalue weighted by atomic mass is 10.1. The first kappa shape index (κ1) is 16.7. The standard InChI is InChI=1S/C16H14BrFN2OS/c1-22-10-15(11-4-8-14(18)9-5-11)19-20-16(21)12-2-6-13(17)7-3-12/h2-9H,10H2,1H3,(H,20,21). The lowest BCUT2D eigenvalue weighted by Gasteiger charge is -2.06. The summed E-state index contributed by atoms with van der Waals surface area (Å²) >= 11 is 4.90. The van der Waals surface area contributed by atoms with Crippen LogP contribution < -0.4 is 5.43 Å². The minimum atomic E-state index is -0.300. The number of benzene rings is 2. The third-order valence-electron chi connectivity index (χ3n) is 2.86. The van der Waals surface area contributed by atoms with E-state index in [4.69, 9.17) is 0 Å². The Morgan fingerprint density at radius 1 is 1.14 bits per heavy atom. The zero-order valence-corrected chi connectivity index (χ0v) is 14.2. The molecule has 0 aliphatic carbocycles. The molecule has 1 N–H and O–H groups in total. The molecule has 6 heteroatoms. The van der Waals surface area contributed by atoms with Crippen molar-refractivity contribution in [3.63, 3.8) is 0 Å². The van der Waals surface area contributed by atoms with Crippen molar-refractivity contribution in [1.82, 2.24) is 5.43 Å². The molecular weight excluding hydrogens is 367 g/mol. The van der Waals surface area contributed by atoms with Crippen LogP contribution in [0.15, 0.2) is 58.1 Å². The van der Waals surface area contributed by atoms with Crippen LogP contribution in [0.1, 0.15) is 15.9 Å². The number of hydrogen-bond donors (Lipinski definition) is 1. The number of thioether (sulfide) groups is 1. The van der Waals surface area contributed by atoms with E-state index in [-0.39, 0.29) is 11.7 Å². The molecule has 0 spiro atoms. The first-order valence-corrected chi connectivity index (χ1v) is 8.66. The van der Waals surface area contributed by atoms with Gasteiger partial charge in [-0.25, -0.2) is 9.82 Å². The molecule has 3 nitrogen and oxygen atoms in total. The van der Waals surface area contributed by atoms with Gasteiger partial charge in [-0.15, -0.1) is 0 Å². The molecular formula is C16H14BrFN2OS. The van der Waals surface area contributed by atoms with E-state index < -0.39 is 0 Å². The quantitative estimate of drug-likeness (QED) is 0.626. The third kappa shape index (κ3) is 4.68. The summed E-state index contributed by atoms with van der Waals surface area (Å²) in [5.74, 6) is 0.0334. The summed E-state index contributed by atoms with van der Waals surface area (Å²) in [6.07, 6.45) is 1.94. The Morgan fingerprint density at radius 2 is 1.73 bits per heavy atom. The van der Waals surface area contributed by atoms with E-state index in [1.165, 1.54) is 12.1 Å². The maximum absolute atomic E-state index is 13.0. The summed E-state index contributed by atoms with van der Waals surface area (Å²) in [6, 6.07) is 13.1. The summed E-state index contributed by atoms with van der Waals surface area (Å²) in [6.45, 7) is 0. The van der Waals surface area contributed by atoms with Crippen molar-refractivity contribution in [2.24, 2.45) is 5.10 Å². The van der Waals surface area contributed by atoms with Crippen molar-refractivity contribution >= 4 is 39.3 Å². The first-order chi connectivity index (χ1) is 10.6. The van der Waals surface area contributed by atoms with Gasteiger partial charge in [0, 0.05) is 15.8 Å². The van der Waals surface area contributed by atoms with Crippen LogP contribution in [0, 0.1) is 5.82 Å². The molecule has 0 bridgehead atoms.